The van der Waals surface area contributed by atoms with Crippen molar-refractivity contribution in [1.29, 1.82) is 0 Å². The summed E-state index contributed by atoms with van der Waals surface area (Å²) in [4.78, 5) is 19.9. The number of hydrogen-bond acceptors (Lipinski definition) is 4. The fourth-order valence-electron chi connectivity index (χ4n) is 1.95. The first-order valence-corrected chi connectivity index (χ1v) is 7.15. The maximum atomic E-state index is 11.5. The smallest absolute Gasteiger partial charge is 0.223 e. The Balaban J connectivity index is 1.94. The minimum Gasteiger partial charge on any atom is -0.349 e. The van der Waals surface area contributed by atoms with Crippen molar-refractivity contribution >= 4 is 22.2 Å². The van der Waals surface area contributed by atoms with Crippen molar-refractivity contribution in [1.82, 2.24) is 19.6 Å². The summed E-state index contributed by atoms with van der Waals surface area (Å²) in [5.74, 6) is 0.147. The highest BCUT2D eigenvalue weighted by Gasteiger charge is 2.10. The lowest BCUT2D eigenvalue weighted by molar-refractivity contribution is -0.128. The van der Waals surface area contributed by atoms with Crippen molar-refractivity contribution in [3.05, 3.63) is 22.5 Å². The van der Waals surface area contributed by atoms with Crippen LogP contribution in [0.25, 0.3) is 4.96 Å². The highest BCUT2D eigenvalue weighted by Crippen LogP contribution is 2.20. The molecule has 0 atom stereocenters. The number of amides is 1. The average molecular weight is 280 g/mol. The summed E-state index contributed by atoms with van der Waals surface area (Å²) in [7, 11) is 3.56. The second kappa shape index (κ2) is 5.71. The predicted molar refractivity (Wildman–Crippen MR) is 77.6 cm³/mol. The van der Waals surface area contributed by atoms with Crippen molar-refractivity contribution in [2.75, 3.05) is 20.6 Å². The number of fused-ring (bicyclic) bond motifs is 1. The maximum Gasteiger partial charge on any atom is 0.223 e. The van der Waals surface area contributed by atoms with Crippen LogP contribution in [-0.4, -0.2) is 40.8 Å². The molecule has 0 aliphatic carbocycles. The van der Waals surface area contributed by atoms with Crippen molar-refractivity contribution in [2.45, 2.75) is 26.8 Å². The first kappa shape index (κ1) is 14.0. The van der Waals surface area contributed by atoms with E-state index in [0.717, 1.165) is 17.2 Å². The van der Waals surface area contributed by atoms with Gasteiger partial charge in [-0.3, -0.25) is 9.20 Å². The highest BCUT2D eigenvalue weighted by molar-refractivity contribution is 7.17. The molecule has 19 heavy (non-hydrogen) atoms. The molecule has 2 aromatic rings. The molecular weight excluding hydrogens is 260 g/mol. The summed E-state index contributed by atoms with van der Waals surface area (Å²) >= 11 is 1.70. The third kappa shape index (κ3) is 3.13. The van der Waals surface area contributed by atoms with E-state index >= 15 is 0 Å². The minimum absolute atomic E-state index is 0.147. The maximum absolute atomic E-state index is 11.5. The van der Waals surface area contributed by atoms with E-state index in [0.29, 0.717) is 13.0 Å². The standard InChI is InChI=1S/C13H20N4OS/c1-9-8-17-11(10(2)15-13(17)19-9)7-14-6-5-12(18)16(3)4/h8,14H,5-7H2,1-4H3. The number of hydrogen-bond donors (Lipinski definition) is 1. The zero-order valence-electron chi connectivity index (χ0n) is 11.9. The zero-order valence-corrected chi connectivity index (χ0v) is 12.7. The van der Waals surface area contributed by atoms with Gasteiger partial charge in [0.1, 0.15) is 0 Å². The Morgan fingerprint density at radius 1 is 1.47 bits per heavy atom. The fraction of sp³-hybridized carbons (Fsp3) is 0.538. The highest BCUT2D eigenvalue weighted by atomic mass is 32.1. The van der Waals surface area contributed by atoms with Gasteiger partial charge in [-0.1, -0.05) is 0 Å². The van der Waals surface area contributed by atoms with Gasteiger partial charge in [0.05, 0.1) is 11.4 Å². The van der Waals surface area contributed by atoms with Gasteiger partial charge in [-0.15, -0.1) is 11.3 Å². The molecule has 2 rings (SSSR count). The van der Waals surface area contributed by atoms with Crippen LogP contribution in [0.4, 0.5) is 0 Å². The van der Waals surface area contributed by atoms with Crippen molar-refractivity contribution in [2.24, 2.45) is 0 Å². The Morgan fingerprint density at radius 3 is 2.89 bits per heavy atom. The van der Waals surface area contributed by atoms with Crippen LogP contribution in [0, 0.1) is 13.8 Å². The summed E-state index contributed by atoms with van der Waals surface area (Å²) in [5.41, 5.74) is 2.23. The van der Waals surface area contributed by atoms with Gasteiger partial charge >= 0.3 is 0 Å². The average Bonchev–Trinajstić information content (AvgIpc) is 2.80. The lowest BCUT2D eigenvalue weighted by atomic mass is 10.3. The van der Waals surface area contributed by atoms with Crippen LogP contribution in [0.5, 0.6) is 0 Å². The Labute approximate surface area is 117 Å². The number of nitrogens with one attached hydrogen (secondary N) is 1. The molecule has 1 N–H and O–H groups in total. The first-order chi connectivity index (χ1) is 8.99. The van der Waals surface area contributed by atoms with Gasteiger partial charge in [0.2, 0.25) is 5.91 Å². The number of carbonyl (C=O) groups excluding carboxylic acids is 1. The Kier molecular flexibility index (Phi) is 4.21. The van der Waals surface area contributed by atoms with Gasteiger partial charge in [-0.25, -0.2) is 4.98 Å². The summed E-state index contributed by atoms with van der Waals surface area (Å²) in [6.07, 6.45) is 2.64. The number of nitrogens with zero attached hydrogens (tertiary/aromatic N) is 3. The number of aryl methyl sites for hydroxylation is 2. The van der Waals surface area contributed by atoms with E-state index in [1.165, 1.54) is 10.6 Å². The molecule has 0 aliphatic heterocycles. The van der Waals surface area contributed by atoms with Crippen LogP contribution in [0.3, 0.4) is 0 Å². The number of rotatable bonds is 5. The quantitative estimate of drug-likeness (QED) is 0.846. The van der Waals surface area contributed by atoms with Crippen molar-refractivity contribution in [3.8, 4) is 0 Å². The molecule has 2 aromatic heterocycles. The third-order valence-electron chi connectivity index (χ3n) is 3.05. The van der Waals surface area contributed by atoms with E-state index in [-0.39, 0.29) is 5.91 Å². The van der Waals surface area contributed by atoms with Crippen LogP contribution in [0.1, 0.15) is 22.7 Å². The van der Waals surface area contributed by atoms with Gasteiger partial charge in [0.15, 0.2) is 4.96 Å². The Bertz CT molecular complexity index is 585. The third-order valence-corrected chi connectivity index (χ3v) is 3.95. The summed E-state index contributed by atoms with van der Waals surface area (Å²) in [6.45, 7) is 5.54. The van der Waals surface area contributed by atoms with Crippen LogP contribution in [0.2, 0.25) is 0 Å². The Hall–Kier alpha value is -1.40. The molecule has 6 heteroatoms. The molecule has 5 nitrogen and oxygen atoms in total. The van der Waals surface area contributed by atoms with E-state index < -0.39 is 0 Å². The van der Waals surface area contributed by atoms with E-state index in [2.05, 4.69) is 27.8 Å². The van der Waals surface area contributed by atoms with Crippen molar-refractivity contribution < 1.29 is 4.79 Å². The number of carbonyl (C=O) groups is 1. The van der Waals surface area contributed by atoms with E-state index in [4.69, 9.17) is 0 Å². The van der Waals surface area contributed by atoms with Gasteiger partial charge in [-0.05, 0) is 13.8 Å². The van der Waals surface area contributed by atoms with E-state index in [1.807, 2.05) is 6.92 Å². The molecule has 0 fully saturated rings. The molecule has 1 amide bonds. The monoisotopic (exact) mass is 280 g/mol. The fourth-order valence-corrected chi connectivity index (χ4v) is 2.84. The lowest BCUT2D eigenvalue weighted by Gasteiger charge is -2.10. The first-order valence-electron chi connectivity index (χ1n) is 6.34. The van der Waals surface area contributed by atoms with Crippen LogP contribution in [0.15, 0.2) is 6.20 Å². The second-order valence-electron chi connectivity index (χ2n) is 4.85. The molecule has 104 valence electrons. The summed E-state index contributed by atoms with van der Waals surface area (Å²) in [5, 5.41) is 3.31. The molecule has 0 saturated carbocycles. The summed E-state index contributed by atoms with van der Waals surface area (Å²) < 4.78 is 2.14. The van der Waals surface area contributed by atoms with Crippen LogP contribution in [-0.2, 0) is 11.3 Å². The molecule has 0 bridgehead atoms. The molecule has 0 spiro atoms. The zero-order chi connectivity index (χ0) is 14.0. The molecular formula is C13H20N4OS. The van der Waals surface area contributed by atoms with Crippen LogP contribution >= 0.6 is 11.3 Å². The molecule has 0 radical (unpaired) electrons. The summed E-state index contributed by atoms with van der Waals surface area (Å²) in [6, 6.07) is 0. The van der Waals surface area contributed by atoms with E-state index in [1.54, 1.807) is 30.3 Å². The van der Waals surface area contributed by atoms with Gasteiger partial charge in [0.25, 0.3) is 0 Å². The molecule has 0 saturated heterocycles. The molecule has 0 unspecified atom stereocenters. The SMILES string of the molecule is Cc1cn2c(CNCCC(=O)N(C)C)c(C)nc2s1. The molecule has 0 aliphatic rings. The minimum atomic E-state index is 0.147. The second-order valence-corrected chi connectivity index (χ2v) is 6.07. The topological polar surface area (TPSA) is 49.6 Å². The number of aromatic nitrogens is 2. The van der Waals surface area contributed by atoms with Crippen LogP contribution < -0.4 is 5.32 Å². The normalized spacial score (nSPS) is 11.2. The van der Waals surface area contributed by atoms with E-state index in [9.17, 15) is 4.79 Å². The number of imidazole rings is 1. The Morgan fingerprint density at radius 2 is 2.21 bits per heavy atom. The molecule has 0 aromatic carbocycles. The predicted octanol–water partition coefficient (Wildman–Crippen LogP) is 1.58. The van der Waals surface area contributed by atoms with Gasteiger partial charge in [0, 0.05) is 44.7 Å². The number of thiazole rings is 1. The largest absolute Gasteiger partial charge is 0.349 e. The van der Waals surface area contributed by atoms with Crippen molar-refractivity contribution in [3.63, 3.8) is 0 Å². The van der Waals surface area contributed by atoms with Gasteiger partial charge < -0.3 is 10.2 Å². The van der Waals surface area contributed by atoms with Gasteiger partial charge in [-0.2, -0.15) is 0 Å². The lowest BCUT2D eigenvalue weighted by Crippen LogP contribution is -2.26. The molecule has 2 heterocycles.